The number of nitrogens with zero attached hydrogens (tertiary/aromatic N) is 3. The van der Waals surface area contributed by atoms with Gasteiger partial charge in [-0.1, -0.05) is 29.8 Å². The van der Waals surface area contributed by atoms with Crippen molar-refractivity contribution in [2.24, 2.45) is 0 Å². The van der Waals surface area contributed by atoms with Crippen LogP contribution in [-0.4, -0.2) is 59.6 Å². The molecule has 1 N–H and O–H groups in total. The quantitative estimate of drug-likeness (QED) is 0.734. The van der Waals surface area contributed by atoms with Crippen molar-refractivity contribution in [3.05, 3.63) is 59.5 Å². The van der Waals surface area contributed by atoms with E-state index in [2.05, 4.69) is 15.2 Å². The fourth-order valence-corrected chi connectivity index (χ4v) is 3.44. The summed E-state index contributed by atoms with van der Waals surface area (Å²) in [4.78, 5) is 19.1. The van der Waals surface area contributed by atoms with Crippen LogP contribution in [0.2, 0.25) is 5.02 Å². The second-order valence-corrected chi connectivity index (χ2v) is 6.91. The van der Waals surface area contributed by atoms with Crippen molar-refractivity contribution in [2.75, 3.05) is 39.4 Å². The van der Waals surface area contributed by atoms with E-state index in [1.165, 1.54) is 0 Å². The number of nitrogens with one attached hydrogen (secondary N) is 1. The van der Waals surface area contributed by atoms with E-state index in [-0.39, 0.29) is 5.91 Å². The van der Waals surface area contributed by atoms with Gasteiger partial charge in [0, 0.05) is 49.2 Å². The number of pyridine rings is 1. The van der Waals surface area contributed by atoms with E-state index in [0.717, 1.165) is 49.6 Å². The Labute approximate surface area is 162 Å². The number of halogens is 1. The maximum absolute atomic E-state index is 12.4. The second kappa shape index (κ2) is 8.08. The highest BCUT2D eigenvalue weighted by Gasteiger charge is 2.13. The number of morpholine rings is 1. The Kier molecular flexibility index (Phi) is 5.38. The molecular weight excluding hydrogens is 364 g/mol. The molecule has 0 spiro atoms. The zero-order valence-electron chi connectivity index (χ0n) is 14.9. The maximum Gasteiger partial charge on any atom is 0.271 e. The van der Waals surface area contributed by atoms with Gasteiger partial charge in [0.1, 0.15) is 11.3 Å². The highest BCUT2D eigenvalue weighted by Crippen LogP contribution is 2.27. The Morgan fingerprint density at radius 3 is 2.78 bits per heavy atom. The van der Waals surface area contributed by atoms with Gasteiger partial charge in [-0.15, -0.1) is 0 Å². The van der Waals surface area contributed by atoms with Crippen LogP contribution in [0.25, 0.3) is 16.8 Å². The minimum atomic E-state index is -0.161. The molecule has 2 aromatic heterocycles. The highest BCUT2D eigenvalue weighted by atomic mass is 35.5. The molecule has 1 aliphatic rings. The van der Waals surface area contributed by atoms with Crippen molar-refractivity contribution in [3.8, 4) is 11.1 Å². The number of carbonyl (C=O) groups is 1. The molecule has 27 heavy (non-hydrogen) atoms. The molecule has 0 aliphatic carbocycles. The summed E-state index contributed by atoms with van der Waals surface area (Å²) in [6.45, 7) is 4.75. The van der Waals surface area contributed by atoms with Crippen molar-refractivity contribution in [1.82, 2.24) is 19.6 Å². The van der Waals surface area contributed by atoms with Crippen LogP contribution >= 0.6 is 11.6 Å². The molecule has 0 radical (unpaired) electrons. The number of fused-ring (bicyclic) bond motifs is 1. The fourth-order valence-electron chi connectivity index (χ4n) is 3.20. The SMILES string of the molecule is O=C(NCCN1CCOCC1)c1cn2cc(-c3ccccc3Cl)ccc2n1. The summed E-state index contributed by atoms with van der Waals surface area (Å²) in [5, 5.41) is 3.64. The number of carbonyl (C=O) groups excluding carboxylic acids is 1. The lowest BCUT2D eigenvalue weighted by atomic mass is 10.1. The van der Waals surface area contributed by atoms with Crippen molar-refractivity contribution in [1.29, 1.82) is 0 Å². The van der Waals surface area contributed by atoms with E-state index in [1.807, 2.05) is 47.0 Å². The predicted molar refractivity (Wildman–Crippen MR) is 105 cm³/mol. The van der Waals surface area contributed by atoms with Crippen LogP contribution in [0.3, 0.4) is 0 Å². The topological polar surface area (TPSA) is 58.9 Å². The largest absolute Gasteiger partial charge is 0.379 e. The Bertz CT molecular complexity index is 950. The Hall–Kier alpha value is -2.41. The predicted octanol–water partition coefficient (Wildman–Crippen LogP) is 2.72. The van der Waals surface area contributed by atoms with Gasteiger partial charge in [0.05, 0.1) is 13.2 Å². The molecule has 3 heterocycles. The summed E-state index contributed by atoms with van der Waals surface area (Å²) < 4.78 is 7.19. The van der Waals surface area contributed by atoms with Crippen LogP contribution < -0.4 is 5.32 Å². The minimum absolute atomic E-state index is 0.161. The first kappa shape index (κ1) is 18.0. The van der Waals surface area contributed by atoms with Gasteiger partial charge in [0.2, 0.25) is 0 Å². The Morgan fingerprint density at radius 1 is 1.15 bits per heavy atom. The average Bonchev–Trinajstić information content (AvgIpc) is 3.12. The minimum Gasteiger partial charge on any atom is -0.379 e. The molecule has 1 aliphatic heterocycles. The third-order valence-electron chi connectivity index (χ3n) is 4.69. The molecule has 0 unspecified atom stereocenters. The smallest absolute Gasteiger partial charge is 0.271 e. The standard InChI is InChI=1S/C20H21ClN4O2/c21-17-4-2-1-3-16(17)15-5-6-19-23-18(14-25(19)13-15)20(26)22-7-8-24-9-11-27-12-10-24/h1-6,13-14H,7-12H2,(H,22,26). The lowest BCUT2D eigenvalue weighted by molar-refractivity contribution is 0.0383. The zero-order chi connectivity index (χ0) is 18.6. The van der Waals surface area contributed by atoms with Crippen LogP contribution in [0.15, 0.2) is 48.8 Å². The summed E-state index contributed by atoms with van der Waals surface area (Å²) in [6.07, 6.45) is 3.69. The molecule has 1 aromatic carbocycles. The molecule has 3 aromatic rings. The van der Waals surface area contributed by atoms with Crippen molar-refractivity contribution in [2.45, 2.75) is 0 Å². The molecule has 1 amide bonds. The molecule has 0 saturated carbocycles. The summed E-state index contributed by atoms with van der Waals surface area (Å²) in [7, 11) is 0. The van der Waals surface area contributed by atoms with Gasteiger partial charge in [0.15, 0.2) is 0 Å². The van der Waals surface area contributed by atoms with E-state index < -0.39 is 0 Å². The normalized spacial score (nSPS) is 15.1. The Morgan fingerprint density at radius 2 is 1.96 bits per heavy atom. The number of amides is 1. The first-order chi connectivity index (χ1) is 13.2. The molecule has 1 saturated heterocycles. The number of imidazole rings is 1. The first-order valence-electron chi connectivity index (χ1n) is 9.03. The van der Waals surface area contributed by atoms with Crippen LogP contribution in [-0.2, 0) is 4.74 Å². The third-order valence-corrected chi connectivity index (χ3v) is 5.02. The van der Waals surface area contributed by atoms with Crippen molar-refractivity contribution in [3.63, 3.8) is 0 Å². The molecule has 0 bridgehead atoms. The lowest BCUT2D eigenvalue weighted by Crippen LogP contribution is -2.41. The Balaban J connectivity index is 1.45. The van der Waals surface area contributed by atoms with Gasteiger partial charge in [-0.25, -0.2) is 4.98 Å². The monoisotopic (exact) mass is 384 g/mol. The number of ether oxygens (including phenoxy) is 1. The second-order valence-electron chi connectivity index (χ2n) is 6.50. The molecule has 6 nitrogen and oxygen atoms in total. The maximum atomic E-state index is 12.4. The van der Waals surface area contributed by atoms with Gasteiger partial charge in [-0.2, -0.15) is 0 Å². The number of aromatic nitrogens is 2. The van der Waals surface area contributed by atoms with E-state index in [1.54, 1.807) is 6.20 Å². The molecule has 1 fully saturated rings. The number of hydrogen-bond acceptors (Lipinski definition) is 4. The summed E-state index contributed by atoms with van der Waals surface area (Å²) in [5.41, 5.74) is 3.06. The van der Waals surface area contributed by atoms with E-state index >= 15 is 0 Å². The number of benzene rings is 1. The summed E-state index contributed by atoms with van der Waals surface area (Å²) in [5.74, 6) is -0.161. The lowest BCUT2D eigenvalue weighted by Gasteiger charge is -2.26. The highest BCUT2D eigenvalue weighted by molar-refractivity contribution is 6.33. The van der Waals surface area contributed by atoms with E-state index in [4.69, 9.17) is 16.3 Å². The summed E-state index contributed by atoms with van der Waals surface area (Å²) in [6, 6.07) is 11.5. The molecule has 4 rings (SSSR count). The van der Waals surface area contributed by atoms with E-state index in [0.29, 0.717) is 17.3 Å². The zero-order valence-corrected chi connectivity index (χ0v) is 15.7. The molecular formula is C20H21ClN4O2. The molecule has 140 valence electrons. The fraction of sp³-hybridized carbons (Fsp3) is 0.300. The number of hydrogen-bond donors (Lipinski definition) is 1. The van der Waals surface area contributed by atoms with Gasteiger partial charge in [-0.05, 0) is 23.8 Å². The van der Waals surface area contributed by atoms with Crippen LogP contribution in [0.5, 0.6) is 0 Å². The molecule has 0 atom stereocenters. The first-order valence-corrected chi connectivity index (χ1v) is 9.40. The third kappa shape index (κ3) is 4.13. The van der Waals surface area contributed by atoms with Crippen LogP contribution in [0.1, 0.15) is 10.5 Å². The molecule has 7 heteroatoms. The van der Waals surface area contributed by atoms with Crippen LogP contribution in [0, 0.1) is 0 Å². The van der Waals surface area contributed by atoms with Crippen molar-refractivity contribution < 1.29 is 9.53 Å². The van der Waals surface area contributed by atoms with Crippen LogP contribution in [0.4, 0.5) is 0 Å². The van der Waals surface area contributed by atoms with Gasteiger partial charge in [-0.3, -0.25) is 9.69 Å². The van der Waals surface area contributed by atoms with Gasteiger partial charge in [0.25, 0.3) is 5.91 Å². The van der Waals surface area contributed by atoms with Crippen molar-refractivity contribution >= 4 is 23.2 Å². The summed E-state index contributed by atoms with van der Waals surface area (Å²) >= 11 is 6.29. The van der Waals surface area contributed by atoms with Gasteiger partial charge < -0.3 is 14.5 Å². The van der Waals surface area contributed by atoms with E-state index in [9.17, 15) is 4.79 Å². The average molecular weight is 385 g/mol. The van der Waals surface area contributed by atoms with Gasteiger partial charge >= 0.3 is 0 Å². The number of rotatable bonds is 5.